The first kappa shape index (κ1) is 12.0. The van der Waals surface area contributed by atoms with Crippen LogP contribution >= 0.6 is 0 Å². The van der Waals surface area contributed by atoms with Crippen molar-refractivity contribution in [1.82, 2.24) is 4.90 Å². The summed E-state index contributed by atoms with van der Waals surface area (Å²) in [5, 5.41) is 0. The lowest BCUT2D eigenvalue weighted by Gasteiger charge is -2.26. The highest BCUT2D eigenvalue weighted by molar-refractivity contribution is 5.81. The topological polar surface area (TPSA) is 46.3 Å². The van der Waals surface area contributed by atoms with Gasteiger partial charge in [-0.05, 0) is 13.3 Å². The van der Waals surface area contributed by atoms with Crippen molar-refractivity contribution in [1.29, 1.82) is 0 Å². The van der Waals surface area contributed by atoms with Crippen LogP contribution in [-0.4, -0.2) is 29.9 Å². The van der Waals surface area contributed by atoms with E-state index in [2.05, 4.69) is 5.92 Å². The summed E-state index contributed by atoms with van der Waals surface area (Å²) in [7, 11) is 1.76. The second-order valence-corrected chi connectivity index (χ2v) is 3.22. The van der Waals surface area contributed by atoms with Gasteiger partial charge in [-0.3, -0.25) is 4.79 Å². The molecule has 0 bridgehead atoms. The third-order valence-electron chi connectivity index (χ3n) is 2.25. The first-order chi connectivity index (χ1) is 6.04. The smallest absolute Gasteiger partial charge is 0.240 e. The number of amides is 1. The molecule has 0 aliphatic heterocycles. The van der Waals surface area contributed by atoms with Gasteiger partial charge >= 0.3 is 0 Å². The van der Waals surface area contributed by atoms with E-state index < -0.39 is 6.04 Å². The van der Waals surface area contributed by atoms with E-state index in [1.165, 1.54) is 0 Å². The van der Waals surface area contributed by atoms with Gasteiger partial charge in [0.25, 0.3) is 0 Å². The quantitative estimate of drug-likeness (QED) is 0.647. The Balaban J connectivity index is 4.18. The molecule has 74 valence electrons. The van der Waals surface area contributed by atoms with E-state index in [9.17, 15) is 4.79 Å². The van der Waals surface area contributed by atoms with Gasteiger partial charge in [-0.15, -0.1) is 12.3 Å². The van der Waals surface area contributed by atoms with E-state index in [0.717, 1.165) is 6.42 Å². The minimum atomic E-state index is -0.552. The van der Waals surface area contributed by atoms with E-state index in [1.807, 2.05) is 13.8 Å². The number of carbonyl (C=O) groups is 1. The maximum Gasteiger partial charge on any atom is 0.240 e. The minimum Gasteiger partial charge on any atom is -0.342 e. The molecule has 2 atom stereocenters. The molecule has 2 unspecified atom stereocenters. The molecule has 0 aliphatic carbocycles. The minimum absolute atomic E-state index is 0.0766. The van der Waals surface area contributed by atoms with Crippen molar-refractivity contribution in [3.8, 4) is 12.3 Å². The highest BCUT2D eigenvalue weighted by Crippen LogP contribution is 2.03. The predicted molar refractivity (Wildman–Crippen MR) is 53.9 cm³/mol. The average molecular weight is 182 g/mol. The van der Waals surface area contributed by atoms with Gasteiger partial charge in [0, 0.05) is 19.5 Å². The number of hydrogen-bond acceptors (Lipinski definition) is 2. The van der Waals surface area contributed by atoms with Crippen LogP contribution in [0.4, 0.5) is 0 Å². The van der Waals surface area contributed by atoms with Crippen molar-refractivity contribution in [2.45, 2.75) is 38.8 Å². The zero-order valence-electron chi connectivity index (χ0n) is 8.58. The molecule has 0 spiro atoms. The Bertz CT molecular complexity index is 207. The van der Waals surface area contributed by atoms with Crippen molar-refractivity contribution in [2.24, 2.45) is 5.73 Å². The molecule has 0 aromatic carbocycles. The standard InChI is InChI=1S/C10H18N2O/c1-5-7-9(11)10(13)12(4)8(3)6-2/h1,8-9H,6-7,11H2,2-4H3. The molecule has 0 fully saturated rings. The summed E-state index contributed by atoms with van der Waals surface area (Å²) in [6.45, 7) is 4.02. The summed E-state index contributed by atoms with van der Waals surface area (Å²) in [5.74, 6) is 2.31. The molecule has 13 heavy (non-hydrogen) atoms. The Labute approximate surface area is 80.3 Å². The van der Waals surface area contributed by atoms with Gasteiger partial charge in [0.15, 0.2) is 0 Å². The molecule has 0 saturated heterocycles. The monoisotopic (exact) mass is 182 g/mol. The van der Waals surface area contributed by atoms with Crippen LogP contribution in [0.25, 0.3) is 0 Å². The average Bonchev–Trinajstić information content (AvgIpc) is 2.14. The van der Waals surface area contributed by atoms with Gasteiger partial charge in [0.2, 0.25) is 5.91 Å². The van der Waals surface area contributed by atoms with E-state index in [4.69, 9.17) is 12.2 Å². The van der Waals surface area contributed by atoms with Crippen molar-refractivity contribution in [2.75, 3.05) is 7.05 Å². The van der Waals surface area contributed by atoms with Gasteiger partial charge in [0.1, 0.15) is 0 Å². The van der Waals surface area contributed by atoms with Gasteiger partial charge in [-0.25, -0.2) is 0 Å². The molecule has 0 aromatic rings. The Morgan fingerprint density at radius 3 is 2.62 bits per heavy atom. The number of likely N-dealkylation sites (N-methyl/N-ethyl adjacent to an activating group) is 1. The van der Waals surface area contributed by atoms with Crippen LogP contribution in [0.3, 0.4) is 0 Å². The maximum atomic E-state index is 11.5. The number of nitrogens with two attached hydrogens (primary N) is 1. The molecule has 0 aliphatic rings. The lowest BCUT2D eigenvalue weighted by molar-refractivity contribution is -0.133. The van der Waals surface area contributed by atoms with Gasteiger partial charge in [-0.2, -0.15) is 0 Å². The fourth-order valence-corrected chi connectivity index (χ4v) is 0.967. The van der Waals surface area contributed by atoms with Crippen LogP contribution in [0, 0.1) is 12.3 Å². The fraction of sp³-hybridized carbons (Fsp3) is 0.700. The summed E-state index contributed by atoms with van der Waals surface area (Å²) in [6.07, 6.45) is 6.30. The number of carbonyl (C=O) groups excluding carboxylic acids is 1. The van der Waals surface area contributed by atoms with Crippen LogP contribution in [-0.2, 0) is 4.79 Å². The second-order valence-electron chi connectivity index (χ2n) is 3.22. The third-order valence-corrected chi connectivity index (χ3v) is 2.25. The van der Waals surface area contributed by atoms with E-state index >= 15 is 0 Å². The summed E-state index contributed by atoms with van der Waals surface area (Å²) >= 11 is 0. The van der Waals surface area contributed by atoms with Crippen LogP contribution in [0.15, 0.2) is 0 Å². The molecule has 0 radical (unpaired) electrons. The number of hydrogen-bond donors (Lipinski definition) is 1. The molecule has 3 nitrogen and oxygen atoms in total. The summed E-state index contributed by atoms with van der Waals surface area (Å²) in [4.78, 5) is 13.2. The van der Waals surface area contributed by atoms with Crippen molar-refractivity contribution in [3.63, 3.8) is 0 Å². The van der Waals surface area contributed by atoms with E-state index in [-0.39, 0.29) is 11.9 Å². The summed E-state index contributed by atoms with van der Waals surface area (Å²) in [6, 6.07) is -0.333. The molecule has 0 rings (SSSR count). The number of nitrogens with zero attached hydrogens (tertiary/aromatic N) is 1. The van der Waals surface area contributed by atoms with Crippen LogP contribution in [0.2, 0.25) is 0 Å². The van der Waals surface area contributed by atoms with Crippen molar-refractivity contribution >= 4 is 5.91 Å². The molecule has 1 amide bonds. The molecule has 0 aromatic heterocycles. The predicted octanol–water partition coefficient (Wildman–Crippen LogP) is 0.594. The highest BCUT2D eigenvalue weighted by Gasteiger charge is 2.19. The Morgan fingerprint density at radius 1 is 1.69 bits per heavy atom. The lowest BCUT2D eigenvalue weighted by atomic mass is 10.1. The molecule has 2 N–H and O–H groups in total. The lowest BCUT2D eigenvalue weighted by Crippen LogP contribution is -2.45. The maximum absolute atomic E-state index is 11.5. The van der Waals surface area contributed by atoms with Crippen molar-refractivity contribution < 1.29 is 4.79 Å². The van der Waals surface area contributed by atoms with Crippen LogP contribution in [0.1, 0.15) is 26.7 Å². The largest absolute Gasteiger partial charge is 0.342 e. The van der Waals surface area contributed by atoms with Crippen LogP contribution < -0.4 is 5.73 Å². The van der Waals surface area contributed by atoms with E-state index in [0.29, 0.717) is 6.42 Å². The zero-order chi connectivity index (χ0) is 10.4. The summed E-state index contributed by atoms with van der Waals surface area (Å²) < 4.78 is 0. The molecular formula is C10H18N2O. The zero-order valence-corrected chi connectivity index (χ0v) is 8.58. The highest BCUT2D eigenvalue weighted by atomic mass is 16.2. The fourth-order valence-electron chi connectivity index (χ4n) is 0.967. The van der Waals surface area contributed by atoms with Gasteiger partial charge in [-0.1, -0.05) is 6.92 Å². The Hall–Kier alpha value is -1.01. The number of rotatable bonds is 4. The Morgan fingerprint density at radius 2 is 2.23 bits per heavy atom. The van der Waals surface area contributed by atoms with Gasteiger partial charge in [0.05, 0.1) is 6.04 Å². The SMILES string of the molecule is C#CCC(N)C(=O)N(C)C(C)CC. The normalized spacial score (nSPS) is 14.4. The first-order valence-electron chi connectivity index (χ1n) is 4.50. The van der Waals surface area contributed by atoms with Gasteiger partial charge < -0.3 is 10.6 Å². The molecule has 0 saturated carbocycles. The first-order valence-corrected chi connectivity index (χ1v) is 4.50. The van der Waals surface area contributed by atoms with E-state index in [1.54, 1.807) is 11.9 Å². The molecular weight excluding hydrogens is 164 g/mol. The third kappa shape index (κ3) is 3.47. The number of terminal acetylenes is 1. The molecule has 0 heterocycles. The second kappa shape index (κ2) is 5.60. The van der Waals surface area contributed by atoms with Crippen molar-refractivity contribution in [3.05, 3.63) is 0 Å². The Kier molecular flexibility index (Phi) is 5.17. The summed E-state index contributed by atoms with van der Waals surface area (Å²) in [5.41, 5.74) is 5.59. The van der Waals surface area contributed by atoms with Crippen LogP contribution in [0.5, 0.6) is 0 Å². The molecule has 3 heteroatoms.